The average molecular weight is 963 g/mol. The van der Waals surface area contributed by atoms with Crippen LogP contribution in [0.4, 0.5) is 28.4 Å². The normalized spacial score (nSPS) is 17.0. The molecule has 0 bridgehead atoms. The molecule has 74 heavy (non-hydrogen) atoms. The molecule has 350 valence electrons. The number of fused-ring (bicyclic) bond motifs is 13. The number of para-hydroxylation sites is 1. The predicted molar refractivity (Wildman–Crippen MR) is 312 cm³/mol. The highest BCUT2D eigenvalue weighted by Crippen LogP contribution is 2.60. The molecule has 15 rings (SSSR count). The number of rotatable bonds is 8. The largest absolute Gasteiger partial charge is 0.337 e. The Kier molecular flexibility index (Phi) is 9.96. The van der Waals surface area contributed by atoms with E-state index >= 15 is 0 Å². The van der Waals surface area contributed by atoms with Gasteiger partial charge in [-0.3, -0.25) is 0 Å². The highest BCUT2D eigenvalue weighted by atomic mass is 32.1. The number of thiophene rings is 1. The van der Waals surface area contributed by atoms with Crippen LogP contribution in [-0.4, -0.2) is 6.04 Å². The lowest BCUT2D eigenvalue weighted by molar-refractivity contribution is 0.528. The Hall–Kier alpha value is -8.76. The Morgan fingerprint density at radius 3 is 1.74 bits per heavy atom. The molecule has 0 saturated heterocycles. The van der Waals surface area contributed by atoms with Gasteiger partial charge in [0.2, 0.25) is 0 Å². The number of anilines is 5. The fraction of sp³-hybridized carbons (Fsp3) is 0.0704. The minimum atomic E-state index is -0.528. The van der Waals surface area contributed by atoms with Gasteiger partial charge in [0.15, 0.2) is 0 Å². The van der Waals surface area contributed by atoms with Crippen molar-refractivity contribution in [2.24, 2.45) is 0 Å². The molecule has 3 aliphatic rings. The zero-order valence-corrected chi connectivity index (χ0v) is 41.5. The first-order valence-electron chi connectivity index (χ1n) is 26.0. The molecule has 0 amide bonds. The summed E-state index contributed by atoms with van der Waals surface area (Å²) in [6.07, 6.45) is 6.09. The average Bonchev–Trinajstić information content (AvgIpc) is 4.21. The van der Waals surface area contributed by atoms with Crippen LogP contribution in [0.2, 0.25) is 0 Å². The van der Waals surface area contributed by atoms with Crippen LogP contribution in [0.3, 0.4) is 0 Å². The summed E-state index contributed by atoms with van der Waals surface area (Å²) < 4.78 is 2.70. The van der Waals surface area contributed by atoms with Crippen molar-refractivity contribution in [1.29, 1.82) is 0 Å². The van der Waals surface area contributed by atoms with E-state index in [2.05, 4.69) is 283 Å². The molecule has 2 heterocycles. The first-order chi connectivity index (χ1) is 36.7. The molecular formula is C71H50N2S. The Balaban J connectivity index is 0.960. The van der Waals surface area contributed by atoms with Crippen LogP contribution in [0.1, 0.15) is 51.6 Å². The summed E-state index contributed by atoms with van der Waals surface area (Å²) >= 11 is 1.97. The topological polar surface area (TPSA) is 6.48 Å². The molecule has 3 heteroatoms. The van der Waals surface area contributed by atoms with E-state index in [0.717, 1.165) is 23.5 Å². The molecule has 3 atom stereocenters. The van der Waals surface area contributed by atoms with Gasteiger partial charge in [-0.25, -0.2) is 0 Å². The lowest BCUT2D eigenvalue weighted by atomic mass is 9.67. The second-order valence-corrected chi connectivity index (χ2v) is 21.3. The maximum absolute atomic E-state index is 2.70. The molecule has 0 radical (unpaired) electrons. The van der Waals surface area contributed by atoms with Gasteiger partial charge in [-0.05, 0) is 116 Å². The van der Waals surface area contributed by atoms with Crippen LogP contribution in [0.15, 0.2) is 273 Å². The van der Waals surface area contributed by atoms with Crippen LogP contribution in [0.5, 0.6) is 0 Å². The summed E-state index contributed by atoms with van der Waals surface area (Å²) in [7, 11) is 0. The number of benzene rings is 11. The van der Waals surface area contributed by atoms with Crippen LogP contribution >= 0.6 is 11.3 Å². The Labute approximate surface area is 436 Å². The van der Waals surface area contributed by atoms with Crippen LogP contribution in [0.25, 0.3) is 53.2 Å². The fourth-order valence-electron chi connectivity index (χ4n) is 13.3. The van der Waals surface area contributed by atoms with Gasteiger partial charge in [-0.2, -0.15) is 0 Å². The number of allylic oxidation sites excluding steroid dienone is 1. The molecule has 1 aromatic heterocycles. The highest BCUT2D eigenvalue weighted by molar-refractivity contribution is 7.26. The third-order valence-corrected chi connectivity index (χ3v) is 17.6. The van der Waals surface area contributed by atoms with E-state index in [-0.39, 0.29) is 12.0 Å². The van der Waals surface area contributed by atoms with Crippen molar-refractivity contribution < 1.29 is 0 Å². The van der Waals surface area contributed by atoms with Crippen molar-refractivity contribution in [2.45, 2.75) is 29.7 Å². The van der Waals surface area contributed by atoms with Crippen molar-refractivity contribution >= 4 is 70.7 Å². The summed E-state index contributed by atoms with van der Waals surface area (Å²) in [5.74, 6) is 0.589. The minimum absolute atomic E-state index is 0.245. The monoisotopic (exact) mass is 962 g/mol. The quantitative estimate of drug-likeness (QED) is 0.140. The van der Waals surface area contributed by atoms with Gasteiger partial charge in [0, 0.05) is 71.7 Å². The van der Waals surface area contributed by atoms with Crippen molar-refractivity contribution in [1.82, 2.24) is 0 Å². The molecule has 1 aliphatic heterocycles. The Morgan fingerprint density at radius 2 is 1.01 bits per heavy atom. The molecule has 3 unspecified atom stereocenters. The lowest BCUT2D eigenvalue weighted by Gasteiger charge is -2.35. The zero-order chi connectivity index (χ0) is 48.7. The van der Waals surface area contributed by atoms with E-state index in [1.54, 1.807) is 0 Å². The maximum Gasteiger partial charge on any atom is 0.0714 e. The molecule has 12 aromatic rings. The third-order valence-electron chi connectivity index (χ3n) is 16.4. The van der Waals surface area contributed by atoms with Crippen LogP contribution < -0.4 is 9.80 Å². The Bertz CT molecular complexity index is 4070. The molecule has 0 spiro atoms. The summed E-state index contributed by atoms with van der Waals surface area (Å²) in [5.41, 5.74) is 18.4. The SMILES string of the molecule is C1=CC2c3c(c4ccccc4c4c3sc3ccc(N(c5ccc(-c6ccccc6)cc5)c5ccc6c(c5)C(c5ccccc5)(c5ccccc5)c5ccccc5-6)cc34)N(c3ccccc3)C2CC1c1ccccc1. The van der Waals surface area contributed by atoms with Gasteiger partial charge >= 0.3 is 0 Å². The van der Waals surface area contributed by atoms with E-state index in [0.29, 0.717) is 5.92 Å². The summed E-state index contributed by atoms with van der Waals surface area (Å²) in [6, 6.07) is 97.4. The van der Waals surface area contributed by atoms with E-state index in [4.69, 9.17) is 0 Å². The molecule has 2 aliphatic carbocycles. The van der Waals surface area contributed by atoms with Crippen LogP contribution in [-0.2, 0) is 5.41 Å². The summed E-state index contributed by atoms with van der Waals surface area (Å²) in [5, 5.41) is 5.26. The molecular weight excluding hydrogens is 913 g/mol. The first-order valence-corrected chi connectivity index (χ1v) is 26.8. The predicted octanol–water partition coefficient (Wildman–Crippen LogP) is 19.1. The standard InChI is InChI=1S/C71H50N2S/c1-6-20-47(21-7-1)49-34-37-54(38-35-49)72(56-39-42-58-57-30-18-19-33-63(57)71(64(58)46-56,51-24-10-3-11-25-51)52-26-12-4-13-27-52)55-40-43-66-62(45-55)67-59-31-16-17-32-60(59)69-68(70(67)74-66)61-41-36-50(48-22-8-2-9-23-48)44-65(61)73(69)53-28-14-5-15-29-53/h1-43,45-46,50,61,65H,44H2. The number of hydrogen-bond acceptors (Lipinski definition) is 3. The van der Waals surface area contributed by atoms with E-state index < -0.39 is 5.41 Å². The van der Waals surface area contributed by atoms with Crippen molar-refractivity contribution in [3.63, 3.8) is 0 Å². The molecule has 0 N–H and O–H groups in total. The second-order valence-electron chi connectivity index (χ2n) is 20.2. The van der Waals surface area contributed by atoms with Gasteiger partial charge in [0.05, 0.1) is 11.1 Å². The smallest absolute Gasteiger partial charge is 0.0714 e. The van der Waals surface area contributed by atoms with Crippen molar-refractivity contribution in [3.05, 3.63) is 306 Å². The van der Waals surface area contributed by atoms with Crippen LogP contribution in [0, 0.1) is 0 Å². The van der Waals surface area contributed by atoms with Gasteiger partial charge < -0.3 is 9.80 Å². The van der Waals surface area contributed by atoms with E-state index in [9.17, 15) is 0 Å². The zero-order valence-electron chi connectivity index (χ0n) is 40.7. The molecule has 0 fully saturated rings. The van der Waals surface area contributed by atoms with E-state index in [1.807, 2.05) is 11.3 Å². The molecule has 0 saturated carbocycles. The lowest BCUT2D eigenvalue weighted by Crippen LogP contribution is -2.33. The van der Waals surface area contributed by atoms with Crippen molar-refractivity contribution in [2.75, 3.05) is 9.80 Å². The highest BCUT2D eigenvalue weighted by Gasteiger charge is 2.47. The first kappa shape index (κ1) is 42.9. The van der Waals surface area contributed by atoms with Crippen molar-refractivity contribution in [3.8, 4) is 22.3 Å². The van der Waals surface area contributed by atoms with Gasteiger partial charge in [0.1, 0.15) is 0 Å². The summed E-state index contributed by atoms with van der Waals surface area (Å²) in [4.78, 5) is 5.20. The van der Waals surface area contributed by atoms with Gasteiger partial charge in [-0.1, -0.05) is 218 Å². The number of nitrogens with zero attached hydrogens (tertiary/aromatic N) is 2. The van der Waals surface area contributed by atoms with Gasteiger partial charge in [-0.15, -0.1) is 11.3 Å². The molecule has 2 nitrogen and oxygen atoms in total. The second kappa shape index (κ2) is 17.2. The van der Waals surface area contributed by atoms with E-state index in [1.165, 1.54) is 98.0 Å². The van der Waals surface area contributed by atoms with Gasteiger partial charge in [0.25, 0.3) is 0 Å². The fourth-order valence-corrected chi connectivity index (χ4v) is 14.6. The minimum Gasteiger partial charge on any atom is -0.337 e. The summed E-state index contributed by atoms with van der Waals surface area (Å²) in [6.45, 7) is 0. The third kappa shape index (κ3) is 6.49. The Morgan fingerprint density at radius 1 is 0.446 bits per heavy atom. The molecule has 11 aromatic carbocycles. The maximum atomic E-state index is 2.70. The number of hydrogen-bond donors (Lipinski definition) is 0.